The number of aryl methyl sites for hydroxylation is 1. The maximum Gasteiger partial charge on any atom is 0.257 e. The van der Waals surface area contributed by atoms with E-state index in [1.165, 1.54) is 15.9 Å². The van der Waals surface area contributed by atoms with Crippen molar-refractivity contribution in [3.8, 4) is 0 Å². The van der Waals surface area contributed by atoms with E-state index in [1.807, 2.05) is 24.3 Å². The molecule has 2 aliphatic heterocycles. The van der Waals surface area contributed by atoms with Crippen LogP contribution in [0.1, 0.15) is 29.3 Å². The molecule has 2 fully saturated rings. The molecule has 33 heavy (non-hydrogen) atoms. The SMILES string of the molecule is CCCc1ccc(NC(=O)c2cc(S(=O)(=O)N3CCOCC3)ccc2N2CCOCC2)cc1. The summed E-state index contributed by atoms with van der Waals surface area (Å²) in [6.45, 7) is 5.88. The molecule has 4 rings (SSSR count). The smallest absolute Gasteiger partial charge is 0.257 e. The molecule has 2 heterocycles. The summed E-state index contributed by atoms with van der Waals surface area (Å²) >= 11 is 0. The van der Waals surface area contributed by atoms with Gasteiger partial charge in [-0.2, -0.15) is 4.31 Å². The largest absolute Gasteiger partial charge is 0.379 e. The number of rotatable bonds is 7. The monoisotopic (exact) mass is 473 g/mol. The summed E-state index contributed by atoms with van der Waals surface area (Å²) in [5.41, 5.74) is 2.93. The van der Waals surface area contributed by atoms with Gasteiger partial charge in [0.15, 0.2) is 0 Å². The van der Waals surface area contributed by atoms with E-state index in [4.69, 9.17) is 9.47 Å². The van der Waals surface area contributed by atoms with Crippen LogP contribution in [0.4, 0.5) is 11.4 Å². The third kappa shape index (κ3) is 5.55. The number of benzene rings is 2. The summed E-state index contributed by atoms with van der Waals surface area (Å²) in [6, 6.07) is 12.6. The van der Waals surface area contributed by atoms with Crippen molar-refractivity contribution in [2.45, 2.75) is 24.7 Å². The molecular weight excluding hydrogens is 442 g/mol. The van der Waals surface area contributed by atoms with Crippen LogP contribution in [0.3, 0.4) is 0 Å². The fourth-order valence-corrected chi connectivity index (χ4v) is 5.55. The number of sulfonamides is 1. The molecule has 0 saturated carbocycles. The number of nitrogens with one attached hydrogen (secondary N) is 1. The van der Waals surface area contributed by atoms with Gasteiger partial charge in [-0.05, 0) is 42.3 Å². The van der Waals surface area contributed by atoms with Crippen molar-refractivity contribution in [1.82, 2.24) is 4.31 Å². The zero-order valence-corrected chi connectivity index (χ0v) is 19.8. The minimum Gasteiger partial charge on any atom is -0.379 e. The van der Waals surface area contributed by atoms with Gasteiger partial charge in [0.25, 0.3) is 5.91 Å². The van der Waals surface area contributed by atoms with Crippen LogP contribution in [0.5, 0.6) is 0 Å². The summed E-state index contributed by atoms with van der Waals surface area (Å²) in [6.07, 6.45) is 2.04. The second kappa shape index (κ2) is 10.6. The van der Waals surface area contributed by atoms with Gasteiger partial charge in [-0.3, -0.25) is 4.79 Å². The van der Waals surface area contributed by atoms with Gasteiger partial charge in [-0.15, -0.1) is 0 Å². The normalized spacial score (nSPS) is 17.7. The Labute approximate surface area is 195 Å². The highest BCUT2D eigenvalue weighted by Crippen LogP contribution is 2.28. The number of ether oxygens (including phenoxy) is 2. The highest BCUT2D eigenvalue weighted by molar-refractivity contribution is 7.89. The van der Waals surface area contributed by atoms with Crippen molar-refractivity contribution in [1.29, 1.82) is 0 Å². The molecule has 2 aromatic rings. The predicted octanol–water partition coefficient (Wildman–Crippen LogP) is 2.75. The zero-order valence-electron chi connectivity index (χ0n) is 19.0. The average Bonchev–Trinajstić information content (AvgIpc) is 2.86. The summed E-state index contributed by atoms with van der Waals surface area (Å²) in [5, 5.41) is 2.94. The molecule has 0 bridgehead atoms. The predicted molar refractivity (Wildman–Crippen MR) is 127 cm³/mol. The first-order valence-electron chi connectivity index (χ1n) is 11.4. The molecule has 0 atom stereocenters. The summed E-state index contributed by atoms with van der Waals surface area (Å²) in [5.74, 6) is -0.334. The number of morpholine rings is 2. The maximum absolute atomic E-state index is 13.3. The molecule has 8 nitrogen and oxygen atoms in total. The lowest BCUT2D eigenvalue weighted by molar-refractivity contribution is 0.0730. The van der Waals surface area contributed by atoms with E-state index in [9.17, 15) is 13.2 Å². The molecule has 1 N–H and O–H groups in total. The highest BCUT2D eigenvalue weighted by Gasteiger charge is 2.29. The Balaban J connectivity index is 1.65. The molecule has 178 valence electrons. The second-order valence-corrected chi connectivity index (χ2v) is 10.1. The van der Waals surface area contributed by atoms with Gasteiger partial charge in [0.2, 0.25) is 10.0 Å². The van der Waals surface area contributed by atoms with E-state index in [1.54, 1.807) is 12.1 Å². The minimum absolute atomic E-state index is 0.116. The van der Waals surface area contributed by atoms with E-state index in [2.05, 4.69) is 17.1 Å². The van der Waals surface area contributed by atoms with Crippen molar-refractivity contribution in [3.63, 3.8) is 0 Å². The lowest BCUT2D eigenvalue weighted by Crippen LogP contribution is -2.41. The number of carbonyl (C=O) groups is 1. The zero-order chi connectivity index (χ0) is 23.3. The topological polar surface area (TPSA) is 88.2 Å². The van der Waals surface area contributed by atoms with Crippen molar-refractivity contribution in [2.75, 3.05) is 62.8 Å². The Kier molecular flexibility index (Phi) is 7.64. The molecular formula is C24H31N3O5S. The standard InChI is InChI=1S/C24H31N3O5S/c1-2-3-19-4-6-20(7-5-19)25-24(28)22-18-21(33(29,30)27-12-16-32-17-13-27)8-9-23(22)26-10-14-31-15-11-26/h4-9,18H,2-3,10-17H2,1H3,(H,25,28). The van der Waals surface area contributed by atoms with E-state index < -0.39 is 10.0 Å². The molecule has 0 unspecified atom stereocenters. The molecule has 0 aliphatic carbocycles. The van der Waals surface area contributed by atoms with E-state index in [0.717, 1.165) is 12.8 Å². The van der Waals surface area contributed by atoms with Crippen molar-refractivity contribution < 1.29 is 22.7 Å². The Morgan fingerprint density at radius 1 is 0.939 bits per heavy atom. The third-order valence-corrected chi connectivity index (χ3v) is 7.82. The highest BCUT2D eigenvalue weighted by atomic mass is 32.2. The van der Waals surface area contributed by atoms with Gasteiger partial charge in [0.1, 0.15) is 0 Å². The van der Waals surface area contributed by atoms with Crippen LogP contribution in [0.2, 0.25) is 0 Å². The maximum atomic E-state index is 13.3. The van der Waals surface area contributed by atoms with Crippen LogP contribution in [0.25, 0.3) is 0 Å². The Hall–Kier alpha value is -2.46. The molecule has 0 aromatic heterocycles. The molecule has 2 aliphatic rings. The summed E-state index contributed by atoms with van der Waals surface area (Å²) in [4.78, 5) is 15.5. The Bertz CT molecular complexity index is 1060. The molecule has 9 heteroatoms. The van der Waals surface area contributed by atoms with E-state index in [0.29, 0.717) is 69.5 Å². The first kappa shape index (κ1) is 23.7. The first-order chi connectivity index (χ1) is 16.0. The minimum atomic E-state index is -3.72. The molecule has 1 amide bonds. The Morgan fingerprint density at radius 3 is 2.21 bits per heavy atom. The van der Waals surface area contributed by atoms with Crippen molar-refractivity contribution in [2.24, 2.45) is 0 Å². The Morgan fingerprint density at radius 2 is 1.58 bits per heavy atom. The fourth-order valence-electron chi connectivity index (χ4n) is 4.12. The number of hydrogen-bond donors (Lipinski definition) is 1. The fraction of sp³-hybridized carbons (Fsp3) is 0.458. The van der Waals surface area contributed by atoms with Crippen molar-refractivity contribution in [3.05, 3.63) is 53.6 Å². The quantitative estimate of drug-likeness (QED) is 0.665. The van der Waals surface area contributed by atoms with Crippen LogP contribution in [0, 0.1) is 0 Å². The van der Waals surface area contributed by atoms with Crippen LogP contribution < -0.4 is 10.2 Å². The molecule has 0 radical (unpaired) electrons. The first-order valence-corrected chi connectivity index (χ1v) is 12.9. The van der Waals surface area contributed by atoms with Gasteiger partial charge < -0.3 is 19.7 Å². The van der Waals surface area contributed by atoms with Gasteiger partial charge in [-0.25, -0.2) is 8.42 Å². The van der Waals surface area contributed by atoms with Gasteiger partial charge in [-0.1, -0.05) is 25.5 Å². The number of carbonyl (C=O) groups excluding carboxylic acids is 1. The van der Waals surface area contributed by atoms with E-state index >= 15 is 0 Å². The van der Waals surface area contributed by atoms with Crippen LogP contribution in [-0.4, -0.2) is 71.2 Å². The van der Waals surface area contributed by atoms with Crippen LogP contribution in [0.15, 0.2) is 47.4 Å². The molecule has 2 saturated heterocycles. The second-order valence-electron chi connectivity index (χ2n) is 8.20. The summed E-state index contributed by atoms with van der Waals surface area (Å²) < 4.78 is 38.6. The van der Waals surface area contributed by atoms with Gasteiger partial charge >= 0.3 is 0 Å². The number of nitrogens with zero attached hydrogens (tertiary/aromatic N) is 2. The summed E-state index contributed by atoms with van der Waals surface area (Å²) in [7, 11) is -3.72. The molecule has 2 aromatic carbocycles. The number of hydrogen-bond acceptors (Lipinski definition) is 6. The molecule has 0 spiro atoms. The van der Waals surface area contributed by atoms with E-state index in [-0.39, 0.29) is 10.8 Å². The number of amides is 1. The lowest BCUT2D eigenvalue weighted by Gasteiger charge is -2.31. The van der Waals surface area contributed by atoms with Crippen LogP contribution >= 0.6 is 0 Å². The van der Waals surface area contributed by atoms with Gasteiger partial charge in [0, 0.05) is 37.6 Å². The van der Waals surface area contributed by atoms with Gasteiger partial charge in [0.05, 0.1) is 36.9 Å². The average molecular weight is 474 g/mol. The van der Waals surface area contributed by atoms with Crippen LogP contribution in [-0.2, 0) is 25.9 Å². The third-order valence-electron chi connectivity index (χ3n) is 5.92. The lowest BCUT2D eigenvalue weighted by atomic mass is 10.1. The number of anilines is 2. The van der Waals surface area contributed by atoms with Crippen molar-refractivity contribution >= 4 is 27.3 Å².